The number of methoxy groups -OCH3 is 1. The van der Waals surface area contributed by atoms with Gasteiger partial charge in [-0.2, -0.15) is 5.26 Å². The van der Waals surface area contributed by atoms with Gasteiger partial charge in [-0.1, -0.05) is 0 Å². The van der Waals surface area contributed by atoms with E-state index in [-0.39, 0.29) is 17.9 Å². The normalized spacial score (nSPS) is 10.8. The SMILES string of the molecule is COc1cc(/C=C(/C#N)C(=O)Nc2ccc(N(C)C)cc2)cc(I)c1OCc1ccc([N+](=O)[O-])cc1. The number of nitrogens with one attached hydrogen (secondary N) is 1. The second-order valence-corrected chi connectivity index (χ2v) is 8.97. The molecule has 0 saturated carbocycles. The molecule has 0 aliphatic carbocycles. The maximum atomic E-state index is 12.7. The van der Waals surface area contributed by atoms with Gasteiger partial charge in [0.05, 0.1) is 15.6 Å². The smallest absolute Gasteiger partial charge is 0.269 e. The summed E-state index contributed by atoms with van der Waals surface area (Å²) in [7, 11) is 5.34. The Bertz CT molecular complexity index is 1330. The third-order valence-electron chi connectivity index (χ3n) is 5.10. The molecule has 3 aromatic rings. The van der Waals surface area contributed by atoms with Crippen molar-refractivity contribution in [2.45, 2.75) is 6.61 Å². The number of halogens is 1. The van der Waals surface area contributed by atoms with Crippen molar-refractivity contribution < 1.29 is 19.2 Å². The lowest BCUT2D eigenvalue weighted by Crippen LogP contribution is -2.14. The molecule has 9 nitrogen and oxygen atoms in total. The van der Waals surface area contributed by atoms with Gasteiger partial charge in [-0.05, 0) is 88.3 Å². The quantitative estimate of drug-likeness (QED) is 0.115. The van der Waals surface area contributed by atoms with Crippen molar-refractivity contribution >= 4 is 51.6 Å². The second kappa shape index (κ2) is 12.0. The average molecular weight is 598 g/mol. The molecule has 1 N–H and O–H groups in total. The van der Waals surface area contributed by atoms with Gasteiger partial charge in [-0.3, -0.25) is 14.9 Å². The van der Waals surface area contributed by atoms with Gasteiger partial charge >= 0.3 is 0 Å². The van der Waals surface area contributed by atoms with Crippen molar-refractivity contribution in [2.75, 3.05) is 31.4 Å². The molecule has 0 heterocycles. The summed E-state index contributed by atoms with van der Waals surface area (Å²) in [5.74, 6) is 0.382. The first-order valence-electron chi connectivity index (χ1n) is 10.7. The Morgan fingerprint density at radius 2 is 1.83 bits per heavy atom. The number of carbonyl (C=O) groups is 1. The van der Waals surface area contributed by atoms with Crippen molar-refractivity contribution in [3.05, 3.63) is 91.0 Å². The third-order valence-corrected chi connectivity index (χ3v) is 5.90. The number of hydrogen-bond donors (Lipinski definition) is 1. The van der Waals surface area contributed by atoms with Gasteiger partial charge < -0.3 is 19.7 Å². The highest BCUT2D eigenvalue weighted by atomic mass is 127. The molecule has 0 radical (unpaired) electrons. The number of benzene rings is 3. The number of nitriles is 1. The van der Waals surface area contributed by atoms with Crippen molar-refractivity contribution in [1.82, 2.24) is 0 Å². The molecule has 184 valence electrons. The number of nitro benzene ring substituents is 1. The molecular weight excluding hydrogens is 575 g/mol. The van der Waals surface area contributed by atoms with Gasteiger partial charge in [-0.25, -0.2) is 0 Å². The van der Waals surface area contributed by atoms with Crippen LogP contribution in [0.5, 0.6) is 11.5 Å². The first-order valence-corrected chi connectivity index (χ1v) is 11.7. The molecule has 0 aliphatic rings. The first-order chi connectivity index (χ1) is 17.2. The highest BCUT2D eigenvalue weighted by Gasteiger charge is 2.15. The summed E-state index contributed by atoms with van der Waals surface area (Å²) in [4.78, 5) is 25.0. The van der Waals surface area contributed by atoms with Crippen LogP contribution in [0.2, 0.25) is 0 Å². The molecule has 10 heteroatoms. The number of nitrogens with zero attached hydrogens (tertiary/aromatic N) is 3. The molecule has 0 fully saturated rings. The van der Waals surface area contributed by atoms with Crippen molar-refractivity contribution in [3.8, 4) is 17.6 Å². The Kier molecular flexibility index (Phi) is 8.86. The summed E-state index contributed by atoms with van der Waals surface area (Å²) in [5, 5.41) is 23.1. The average Bonchev–Trinajstić information content (AvgIpc) is 2.86. The number of rotatable bonds is 9. The Hall–Kier alpha value is -4.11. The van der Waals surface area contributed by atoms with Crippen LogP contribution in [0.25, 0.3) is 6.08 Å². The fourth-order valence-corrected chi connectivity index (χ4v) is 3.97. The number of ether oxygens (including phenoxy) is 2. The highest BCUT2D eigenvalue weighted by Crippen LogP contribution is 2.35. The van der Waals surface area contributed by atoms with Gasteiger partial charge in [0, 0.05) is 37.6 Å². The molecule has 3 rings (SSSR count). The molecule has 0 spiro atoms. The fraction of sp³-hybridized carbons (Fsp3) is 0.154. The van der Waals surface area contributed by atoms with Gasteiger partial charge in [0.2, 0.25) is 0 Å². The molecular formula is C26H23IN4O5. The highest BCUT2D eigenvalue weighted by molar-refractivity contribution is 14.1. The molecule has 1 amide bonds. The number of hydrogen-bond acceptors (Lipinski definition) is 7. The number of carbonyl (C=O) groups excluding carboxylic acids is 1. The van der Waals surface area contributed by atoms with Gasteiger partial charge in [0.1, 0.15) is 18.2 Å². The lowest BCUT2D eigenvalue weighted by molar-refractivity contribution is -0.384. The zero-order chi connectivity index (χ0) is 26.2. The topological polar surface area (TPSA) is 118 Å². The Labute approximate surface area is 222 Å². The van der Waals surface area contributed by atoms with Crippen LogP contribution >= 0.6 is 22.6 Å². The summed E-state index contributed by atoms with van der Waals surface area (Å²) in [5.41, 5.74) is 2.85. The monoisotopic (exact) mass is 598 g/mol. The van der Waals surface area contributed by atoms with E-state index in [0.717, 1.165) is 11.3 Å². The minimum Gasteiger partial charge on any atom is -0.493 e. The van der Waals surface area contributed by atoms with Crippen LogP contribution in [-0.4, -0.2) is 32.0 Å². The summed E-state index contributed by atoms with van der Waals surface area (Å²) in [6, 6.07) is 18.7. The van der Waals surface area contributed by atoms with Crippen LogP contribution in [0.1, 0.15) is 11.1 Å². The summed E-state index contributed by atoms with van der Waals surface area (Å²) in [6.07, 6.45) is 1.48. The lowest BCUT2D eigenvalue weighted by Gasteiger charge is -2.14. The lowest BCUT2D eigenvalue weighted by atomic mass is 10.1. The summed E-state index contributed by atoms with van der Waals surface area (Å²) < 4.78 is 12.1. The van der Waals surface area contributed by atoms with E-state index >= 15 is 0 Å². The van der Waals surface area contributed by atoms with Crippen LogP contribution in [0, 0.1) is 25.0 Å². The van der Waals surface area contributed by atoms with Crippen LogP contribution in [0.15, 0.2) is 66.2 Å². The van der Waals surface area contributed by atoms with E-state index in [1.807, 2.05) is 37.2 Å². The molecule has 0 bridgehead atoms. The van der Waals surface area contributed by atoms with Crippen molar-refractivity contribution in [1.29, 1.82) is 5.26 Å². The van der Waals surface area contributed by atoms with Crippen molar-refractivity contribution in [3.63, 3.8) is 0 Å². The Morgan fingerprint density at radius 3 is 2.39 bits per heavy atom. The third kappa shape index (κ3) is 6.73. The van der Waals surface area contributed by atoms with E-state index < -0.39 is 10.8 Å². The number of amides is 1. The summed E-state index contributed by atoms with van der Waals surface area (Å²) in [6.45, 7) is 0.179. The van der Waals surface area contributed by atoms with Gasteiger partial charge in [0.15, 0.2) is 11.5 Å². The zero-order valence-corrected chi connectivity index (χ0v) is 22.0. The predicted octanol–water partition coefficient (Wildman–Crippen LogP) is 5.40. The number of non-ortho nitro benzene ring substituents is 1. The zero-order valence-electron chi connectivity index (χ0n) is 19.8. The minimum atomic E-state index is -0.525. The molecule has 3 aromatic carbocycles. The predicted molar refractivity (Wildman–Crippen MR) is 146 cm³/mol. The molecule has 0 unspecified atom stereocenters. The van der Waals surface area contributed by atoms with Crippen LogP contribution < -0.4 is 19.7 Å². The molecule has 36 heavy (non-hydrogen) atoms. The van der Waals surface area contributed by atoms with Gasteiger partial charge in [0.25, 0.3) is 11.6 Å². The van der Waals surface area contributed by atoms with E-state index in [1.54, 1.807) is 36.4 Å². The van der Waals surface area contributed by atoms with E-state index in [1.165, 1.54) is 25.3 Å². The van der Waals surface area contributed by atoms with Crippen molar-refractivity contribution in [2.24, 2.45) is 0 Å². The molecule has 0 aliphatic heterocycles. The van der Waals surface area contributed by atoms with Crippen LogP contribution in [-0.2, 0) is 11.4 Å². The van der Waals surface area contributed by atoms with E-state index in [0.29, 0.717) is 26.3 Å². The summed E-state index contributed by atoms with van der Waals surface area (Å²) >= 11 is 2.08. The van der Waals surface area contributed by atoms with Crippen LogP contribution in [0.3, 0.4) is 0 Å². The molecule has 0 aromatic heterocycles. The second-order valence-electron chi connectivity index (χ2n) is 7.81. The van der Waals surface area contributed by atoms with Crippen LogP contribution in [0.4, 0.5) is 17.1 Å². The minimum absolute atomic E-state index is 0.00460. The van der Waals surface area contributed by atoms with E-state index in [4.69, 9.17) is 9.47 Å². The standard InChI is InChI=1S/C26H23IN4O5/c1-30(2)21-10-6-20(7-11-21)29-26(32)19(15-28)12-18-13-23(27)25(24(14-18)35-3)36-16-17-4-8-22(9-5-17)31(33)34/h4-14H,16H2,1-3H3,(H,29,32)/b19-12-. The molecule has 0 atom stereocenters. The number of anilines is 2. The van der Waals surface area contributed by atoms with Gasteiger partial charge in [-0.15, -0.1) is 0 Å². The fourth-order valence-electron chi connectivity index (χ4n) is 3.19. The number of nitro groups is 1. The maximum Gasteiger partial charge on any atom is 0.269 e. The van der Waals surface area contributed by atoms with E-state index in [9.17, 15) is 20.2 Å². The maximum absolute atomic E-state index is 12.7. The largest absolute Gasteiger partial charge is 0.493 e. The van der Waals surface area contributed by atoms with E-state index in [2.05, 4.69) is 27.9 Å². The Morgan fingerprint density at radius 1 is 1.17 bits per heavy atom. The first kappa shape index (κ1) is 26.5. The Balaban J connectivity index is 1.77. The molecule has 0 saturated heterocycles.